The van der Waals surface area contributed by atoms with Crippen LogP contribution in [0.15, 0.2) is 30.3 Å². The zero-order chi connectivity index (χ0) is 20.9. The van der Waals surface area contributed by atoms with E-state index in [9.17, 15) is 9.59 Å². The molecule has 2 N–H and O–H groups in total. The molecule has 1 heterocycles. The summed E-state index contributed by atoms with van der Waals surface area (Å²) in [5, 5.41) is 5.79. The van der Waals surface area contributed by atoms with Gasteiger partial charge >= 0.3 is 12.2 Å². The van der Waals surface area contributed by atoms with Gasteiger partial charge in [-0.1, -0.05) is 30.3 Å². The highest BCUT2D eigenvalue weighted by Crippen LogP contribution is 2.17. The van der Waals surface area contributed by atoms with Crippen molar-refractivity contribution in [2.45, 2.75) is 71.4 Å². The minimum absolute atomic E-state index is 0.272. The summed E-state index contributed by atoms with van der Waals surface area (Å²) in [5.74, 6) is 0. The Morgan fingerprint density at radius 2 is 1.32 bits per heavy atom. The smallest absolute Gasteiger partial charge is 0.407 e. The Balaban J connectivity index is 2.03. The minimum Gasteiger partial charge on any atom is -0.444 e. The van der Waals surface area contributed by atoms with Gasteiger partial charge in [-0.15, -0.1) is 0 Å². The van der Waals surface area contributed by atoms with Crippen molar-refractivity contribution < 1.29 is 19.1 Å². The third-order valence-corrected chi connectivity index (χ3v) is 4.05. The predicted molar refractivity (Wildman–Crippen MR) is 108 cm³/mol. The van der Waals surface area contributed by atoms with E-state index >= 15 is 0 Å². The Hall–Kier alpha value is -2.28. The molecule has 0 radical (unpaired) electrons. The van der Waals surface area contributed by atoms with Gasteiger partial charge < -0.3 is 20.1 Å². The first-order chi connectivity index (χ1) is 12.9. The summed E-state index contributed by atoms with van der Waals surface area (Å²) >= 11 is 0. The fourth-order valence-electron chi connectivity index (χ4n) is 3.07. The molecule has 1 aliphatic heterocycles. The molecule has 0 aliphatic carbocycles. The average Bonchev–Trinajstić information content (AvgIpc) is 2.85. The minimum atomic E-state index is -0.583. The molecular weight excluding hydrogens is 358 g/mol. The van der Waals surface area contributed by atoms with E-state index in [1.54, 1.807) is 0 Å². The number of alkyl carbamates (subject to hydrolysis) is 2. The number of rotatable bonds is 4. The van der Waals surface area contributed by atoms with Gasteiger partial charge in [0.25, 0.3) is 0 Å². The van der Waals surface area contributed by atoms with Crippen LogP contribution in [0.5, 0.6) is 0 Å². The number of hydrogen-bond donors (Lipinski definition) is 2. The Morgan fingerprint density at radius 1 is 0.893 bits per heavy atom. The summed E-state index contributed by atoms with van der Waals surface area (Å²) < 4.78 is 10.7. The Bertz CT molecular complexity index is 626. The largest absolute Gasteiger partial charge is 0.444 e. The Morgan fingerprint density at radius 3 is 1.71 bits per heavy atom. The molecular formula is C21H33N3O4. The molecule has 156 valence electrons. The van der Waals surface area contributed by atoms with E-state index < -0.39 is 23.4 Å². The van der Waals surface area contributed by atoms with E-state index in [-0.39, 0.29) is 12.1 Å². The van der Waals surface area contributed by atoms with Crippen molar-refractivity contribution in [2.24, 2.45) is 0 Å². The van der Waals surface area contributed by atoms with Gasteiger partial charge in [-0.05, 0) is 47.1 Å². The monoisotopic (exact) mass is 391 g/mol. The molecule has 0 aromatic heterocycles. The predicted octanol–water partition coefficient (Wildman–Crippen LogP) is 3.29. The lowest BCUT2D eigenvalue weighted by atomic mass is 10.1. The van der Waals surface area contributed by atoms with E-state index in [1.165, 1.54) is 5.56 Å². The second-order valence-corrected chi connectivity index (χ2v) is 9.19. The molecule has 1 fully saturated rings. The zero-order valence-electron chi connectivity index (χ0n) is 17.7. The molecule has 1 aliphatic rings. The van der Waals surface area contributed by atoms with E-state index in [0.29, 0.717) is 13.1 Å². The lowest BCUT2D eigenvalue weighted by Crippen LogP contribution is -2.52. The molecule has 0 bridgehead atoms. The molecule has 0 unspecified atom stereocenters. The van der Waals surface area contributed by atoms with Crippen molar-refractivity contribution in [3.05, 3.63) is 35.9 Å². The quantitative estimate of drug-likeness (QED) is 0.823. The molecule has 0 spiro atoms. The maximum absolute atomic E-state index is 12.2. The standard InChI is InChI=1S/C21H33N3O4/c1-20(2,3)27-18(25)22-16-13-24(12-15-10-8-7-9-11-15)14-17(16)23-19(26)28-21(4,5)6/h7-11,16-17H,12-14H2,1-6H3,(H,22,25)(H,23,26)/t16-,17-/m1/s1. The van der Waals surface area contributed by atoms with Crippen LogP contribution in [0.1, 0.15) is 47.1 Å². The molecule has 2 amide bonds. The maximum atomic E-state index is 12.2. The molecule has 28 heavy (non-hydrogen) atoms. The Labute approximate surface area is 167 Å². The van der Waals surface area contributed by atoms with Crippen molar-refractivity contribution >= 4 is 12.2 Å². The second kappa shape index (κ2) is 8.82. The first-order valence-electron chi connectivity index (χ1n) is 9.66. The fraction of sp³-hybridized carbons (Fsp3) is 0.619. The summed E-state index contributed by atoms with van der Waals surface area (Å²) in [6.45, 7) is 12.9. The SMILES string of the molecule is CC(C)(C)OC(=O)N[C@@H]1CN(Cc2ccccc2)C[C@H]1NC(=O)OC(C)(C)C. The van der Waals surface area contributed by atoms with Gasteiger partial charge in [-0.2, -0.15) is 0 Å². The van der Waals surface area contributed by atoms with Gasteiger partial charge in [0.15, 0.2) is 0 Å². The van der Waals surface area contributed by atoms with Crippen LogP contribution in [0.4, 0.5) is 9.59 Å². The third kappa shape index (κ3) is 7.76. The van der Waals surface area contributed by atoms with E-state index in [2.05, 4.69) is 27.7 Å². The van der Waals surface area contributed by atoms with Gasteiger partial charge in [0.1, 0.15) is 11.2 Å². The number of likely N-dealkylation sites (tertiary alicyclic amines) is 1. The average molecular weight is 392 g/mol. The van der Waals surface area contributed by atoms with Crippen molar-refractivity contribution in [2.75, 3.05) is 13.1 Å². The van der Waals surface area contributed by atoms with Gasteiger partial charge in [0.05, 0.1) is 12.1 Å². The highest BCUT2D eigenvalue weighted by molar-refractivity contribution is 5.70. The van der Waals surface area contributed by atoms with E-state index in [0.717, 1.165) is 6.54 Å². The molecule has 7 nitrogen and oxygen atoms in total. The second-order valence-electron chi connectivity index (χ2n) is 9.19. The number of ether oxygens (including phenoxy) is 2. The maximum Gasteiger partial charge on any atom is 0.407 e. The molecule has 7 heteroatoms. The number of hydrogen-bond acceptors (Lipinski definition) is 5. The van der Waals surface area contributed by atoms with Crippen LogP contribution in [0, 0.1) is 0 Å². The van der Waals surface area contributed by atoms with Gasteiger partial charge in [0, 0.05) is 19.6 Å². The van der Waals surface area contributed by atoms with Crippen LogP contribution < -0.4 is 10.6 Å². The van der Waals surface area contributed by atoms with Crippen molar-refractivity contribution in [3.63, 3.8) is 0 Å². The number of amides is 2. The fourth-order valence-corrected chi connectivity index (χ4v) is 3.07. The van der Waals surface area contributed by atoms with Gasteiger partial charge in [0.2, 0.25) is 0 Å². The topological polar surface area (TPSA) is 79.9 Å². The summed E-state index contributed by atoms with van der Waals surface area (Å²) in [5.41, 5.74) is 0.0116. The first-order valence-corrected chi connectivity index (χ1v) is 9.66. The highest BCUT2D eigenvalue weighted by Gasteiger charge is 2.36. The first kappa shape index (κ1) is 22.0. The van der Waals surface area contributed by atoms with Gasteiger partial charge in [-0.3, -0.25) is 4.90 Å². The number of nitrogens with zero attached hydrogens (tertiary/aromatic N) is 1. The summed E-state index contributed by atoms with van der Waals surface area (Å²) in [6, 6.07) is 9.55. The number of nitrogens with one attached hydrogen (secondary N) is 2. The van der Waals surface area contributed by atoms with Crippen molar-refractivity contribution in [1.82, 2.24) is 15.5 Å². The molecule has 1 aromatic carbocycles. The van der Waals surface area contributed by atoms with Crippen molar-refractivity contribution in [1.29, 1.82) is 0 Å². The highest BCUT2D eigenvalue weighted by atomic mass is 16.6. The number of benzene rings is 1. The summed E-state index contributed by atoms with van der Waals surface area (Å²) in [4.78, 5) is 26.7. The van der Waals surface area contributed by atoms with Crippen molar-refractivity contribution in [3.8, 4) is 0 Å². The molecule has 1 aromatic rings. The van der Waals surface area contributed by atoms with Crippen LogP contribution in [-0.4, -0.2) is 53.5 Å². The number of carbonyl (C=O) groups excluding carboxylic acids is 2. The molecule has 1 saturated heterocycles. The molecule has 0 saturated carbocycles. The molecule has 2 atom stereocenters. The van der Waals surface area contributed by atoms with Gasteiger partial charge in [-0.25, -0.2) is 9.59 Å². The number of carbonyl (C=O) groups is 2. The van der Waals surface area contributed by atoms with Crippen LogP contribution in [0.25, 0.3) is 0 Å². The molecule has 2 rings (SSSR count). The van der Waals surface area contributed by atoms with E-state index in [1.807, 2.05) is 59.7 Å². The lowest BCUT2D eigenvalue weighted by Gasteiger charge is -2.26. The van der Waals surface area contributed by atoms with Crippen LogP contribution >= 0.6 is 0 Å². The lowest BCUT2D eigenvalue weighted by molar-refractivity contribution is 0.0447. The summed E-state index contributed by atoms with van der Waals surface area (Å²) in [6.07, 6.45) is -0.981. The third-order valence-electron chi connectivity index (χ3n) is 4.05. The Kier molecular flexibility index (Phi) is 6.93. The van der Waals surface area contributed by atoms with Crippen LogP contribution in [0.3, 0.4) is 0 Å². The zero-order valence-corrected chi connectivity index (χ0v) is 17.7. The van der Waals surface area contributed by atoms with Crippen LogP contribution in [0.2, 0.25) is 0 Å². The summed E-state index contributed by atoms with van der Waals surface area (Å²) in [7, 11) is 0. The van der Waals surface area contributed by atoms with Crippen LogP contribution in [-0.2, 0) is 16.0 Å². The normalized spacial score (nSPS) is 20.5. The van der Waals surface area contributed by atoms with E-state index in [4.69, 9.17) is 9.47 Å².